The first kappa shape index (κ1) is 21.9. The molecule has 0 aromatic heterocycles. The van der Waals surface area contributed by atoms with Crippen molar-refractivity contribution in [3.8, 4) is 0 Å². The summed E-state index contributed by atoms with van der Waals surface area (Å²) in [5, 5.41) is 5.34. The molecule has 1 aromatic rings. The highest BCUT2D eigenvalue weighted by Crippen LogP contribution is 2.36. The SMILES string of the molecule is CC(=O)NCCC(=O)Nc1ccccc1C(=O)O[C@@H]1C[C@H](C)CC[C@@H]1C(C)C. The molecule has 28 heavy (non-hydrogen) atoms. The number of carbonyl (C=O) groups excluding carboxylic acids is 3. The number of nitrogens with one attached hydrogen (secondary N) is 2. The van der Waals surface area contributed by atoms with Gasteiger partial charge in [0.25, 0.3) is 0 Å². The number of para-hydroxylation sites is 1. The van der Waals surface area contributed by atoms with Crippen molar-refractivity contribution in [3.63, 3.8) is 0 Å². The molecule has 0 unspecified atom stereocenters. The third-order valence-corrected chi connectivity index (χ3v) is 5.37. The van der Waals surface area contributed by atoms with Gasteiger partial charge >= 0.3 is 5.97 Å². The Balaban J connectivity index is 2.05. The maximum atomic E-state index is 12.9. The molecule has 0 bridgehead atoms. The van der Waals surface area contributed by atoms with E-state index in [1.807, 2.05) is 0 Å². The molecule has 1 aliphatic carbocycles. The summed E-state index contributed by atoms with van der Waals surface area (Å²) in [7, 11) is 0. The summed E-state index contributed by atoms with van der Waals surface area (Å²) in [5.74, 6) is 0.506. The normalized spacial score (nSPS) is 21.8. The topological polar surface area (TPSA) is 84.5 Å². The minimum Gasteiger partial charge on any atom is -0.458 e. The number of hydrogen-bond donors (Lipinski definition) is 2. The molecule has 154 valence electrons. The van der Waals surface area contributed by atoms with Gasteiger partial charge in [0, 0.05) is 19.9 Å². The molecular formula is C22H32N2O4. The molecule has 1 fully saturated rings. The molecule has 2 rings (SSSR count). The largest absolute Gasteiger partial charge is 0.458 e. The quantitative estimate of drug-likeness (QED) is 0.697. The molecule has 2 N–H and O–H groups in total. The summed E-state index contributed by atoms with van der Waals surface area (Å²) >= 11 is 0. The third kappa shape index (κ3) is 6.36. The van der Waals surface area contributed by atoms with E-state index in [-0.39, 0.29) is 30.9 Å². The molecule has 2 amide bonds. The van der Waals surface area contributed by atoms with Crippen molar-refractivity contribution < 1.29 is 19.1 Å². The average Bonchev–Trinajstić information content (AvgIpc) is 2.61. The van der Waals surface area contributed by atoms with Gasteiger partial charge in [-0.1, -0.05) is 39.3 Å². The Kier molecular flexibility index (Phi) is 8.03. The van der Waals surface area contributed by atoms with Crippen molar-refractivity contribution in [1.29, 1.82) is 0 Å². The van der Waals surface area contributed by atoms with Crippen LogP contribution in [0.2, 0.25) is 0 Å². The number of benzene rings is 1. The van der Waals surface area contributed by atoms with Crippen LogP contribution in [0, 0.1) is 17.8 Å². The van der Waals surface area contributed by atoms with Crippen molar-refractivity contribution in [2.24, 2.45) is 17.8 Å². The molecule has 6 heteroatoms. The number of carbonyl (C=O) groups is 3. The highest BCUT2D eigenvalue weighted by atomic mass is 16.5. The van der Waals surface area contributed by atoms with E-state index in [2.05, 4.69) is 31.4 Å². The van der Waals surface area contributed by atoms with E-state index in [0.717, 1.165) is 19.3 Å². The maximum Gasteiger partial charge on any atom is 0.340 e. The smallest absolute Gasteiger partial charge is 0.340 e. The van der Waals surface area contributed by atoms with E-state index in [1.165, 1.54) is 6.92 Å². The summed E-state index contributed by atoms with van der Waals surface area (Å²) in [6, 6.07) is 6.88. The van der Waals surface area contributed by atoms with E-state index in [0.29, 0.717) is 29.0 Å². The zero-order chi connectivity index (χ0) is 20.7. The van der Waals surface area contributed by atoms with Gasteiger partial charge in [0.05, 0.1) is 11.3 Å². The Morgan fingerprint density at radius 2 is 1.89 bits per heavy atom. The molecule has 1 saturated carbocycles. The van der Waals surface area contributed by atoms with Crippen LogP contribution in [0.5, 0.6) is 0 Å². The van der Waals surface area contributed by atoms with Crippen molar-refractivity contribution >= 4 is 23.5 Å². The zero-order valence-corrected chi connectivity index (χ0v) is 17.3. The summed E-state index contributed by atoms with van der Waals surface area (Å²) in [5.41, 5.74) is 0.793. The van der Waals surface area contributed by atoms with Crippen molar-refractivity contribution in [1.82, 2.24) is 5.32 Å². The van der Waals surface area contributed by atoms with Crippen LogP contribution < -0.4 is 10.6 Å². The van der Waals surface area contributed by atoms with E-state index in [1.54, 1.807) is 24.3 Å². The number of amides is 2. The van der Waals surface area contributed by atoms with Crippen LogP contribution in [-0.4, -0.2) is 30.4 Å². The van der Waals surface area contributed by atoms with Crippen LogP contribution in [-0.2, 0) is 14.3 Å². The van der Waals surface area contributed by atoms with Crippen LogP contribution in [0.1, 0.15) is 63.7 Å². The minimum atomic E-state index is -0.400. The predicted octanol–water partition coefficient (Wildman–Crippen LogP) is 3.77. The zero-order valence-electron chi connectivity index (χ0n) is 17.3. The Labute approximate surface area is 167 Å². The van der Waals surface area contributed by atoms with Crippen LogP contribution in [0.15, 0.2) is 24.3 Å². The van der Waals surface area contributed by atoms with E-state index < -0.39 is 5.97 Å². The van der Waals surface area contributed by atoms with E-state index in [4.69, 9.17) is 4.74 Å². The van der Waals surface area contributed by atoms with Crippen molar-refractivity contribution in [2.45, 2.75) is 59.5 Å². The number of anilines is 1. The van der Waals surface area contributed by atoms with Gasteiger partial charge in [-0.15, -0.1) is 0 Å². The Bertz CT molecular complexity index is 702. The van der Waals surface area contributed by atoms with Crippen LogP contribution in [0.4, 0.5) is 5.69 Å². The first-order valence-electron chi connectivity index (χ1n) is 10.1. The average molecular weight is 389 g/mol. The molecule has 0 spiro atoms. The van der Waals surface area contributed by atoms with Gasteiger partial charge in [-0.25, -0.2) is 4.79 Å². The minimum absolute atomic E-state index is 0.0974. The van der Waals surface area contributed by atoms with Crippen molar-refractivity contribution in [3.05, 3.63) is 29.8 Å². The molecule has 0 heterocycles. The third-order valence-electron chi connectivity index (χ3n) is 5.37. The molecule has 0 aliphatic heterocycles. The van der Waals surface area contributed by atoms with Crippen LogP contribution >= 0.6 is 0 Å². The number of esters is 1. The second kappa shape index (κ2) is 10.2. The molecule has 0 saturated heterocycles. The number of rotatable bonds is 7. The van der Waals surface area contributed by atoms with Gasteiger partial charge in [-0.05, 0) is 42.7 Å². The molecule has 0 radical (unpaired) electrons. The summed E-state index contributed by atoms with van der Waals surface area (Å²) in [6.07, 6.45) is 3.15. The van der Waals surface area contributed by atoms with E-state index in [9.17, 15) is 14.4 Å². The van der Waals surface area contributed by atoms with Gasteiger partial charge in [-0.3, -0.25) is 9.59 Å². The fourth-order valence-corrected chi connectivity index (χ4v) is 3.79. The van der Waals surface area contributed by atoms with Gasteiger partial charge < -0.3 is 15.4 Å². The van der Waals surface area contributed by atoms with Gasteiger partial charge in [0.2, 0.25) is 11.8 Å². The summed E-state index contributed by atoms with van der Waals surface area (Å²) in [6.45, 7) is 8.19. The Hall–Kier alpha value is -2.37. The Morgan fingerprint density at radius 1 is 1.18 bits per heavy atom. The number of hydrogen-bond acceptors (Lipinski definition) is 4. The fourth-order valence-electron chi connectivity index (χ4n) is 3.79. The molecule has 1 aliphatic rings. The molecule has 3 atom stereocenters. The lowest BCUT2D eigenvalue weighted by atomic mass is 9.75. The molecule has 6 nitrogen and oxygen atoms in total. The first-order valence-corrected chi connectivity index (χ1v) is 10.1. The highest BCUT2D eigenvalue weighted by Gasteiger charge is 2.34. The second-order valence-corrected chi connectivity index (χ2v) is 8.10. The maximum absolute atomic E-state index is 12.9. The fraction of sp³-hybridized carbons (Fsp3) is 0.591. The lowest BCUT2D eigenvalue weighted by Crippen LogP contribution is -2.36. The van der Waals surface area contributed by atoms with Crippen molar-refractivity contribution in [2.75, 3.05) is 11.9 Å². The first-order chi connectivity index (χ1) is 13.3. The molecular weight excluding hydrogens is 356 g/mol. The van der Waals surface area contributed by atoms with Gasteiger partial charge in [0.1, 0.15) is 6.10 Å². The van der Waals surface area contributed by atoms with Crippen LogP contribution in [0.25, 0.3) is 0 Å². The van der Waals surface area contributed by atoms with Crippen LogP contribution in [0.3, 0.4) is 0 Å². The number of ether oxygens (including phenoxy) is 1. The lowest BCUT2D eigenvalue weighted by Gasteiger charge is -2.36. The van der Waals surface area contributed by atoms with Gasteiger partial charge in [-0.2, -0.15) is 0 Å². The van der Waals surface area contributed by atoms with E-state index >= 15 is 0 Å². The monoisotopic (exact) mass is 388 g/mol. The predicted molar refractivity (Wildman–Crippen MR) is 109 cm³/mol. The standard InChI is InChI=1S/C22H32N2O4/c1-14(2)17-10-9-15(3)13-20(17)28-22(27)18-7-5-6-8-19(18)24-21(26)11-12-23-16(4)25/h5-8,14-15,17,20H,9-13H2,1-4H3,(H,23,25)(H,24,26)/t15-,17-,20-/m1/s1. The summed E-state index contributed by atoms with van der Waals surface area (Å²) in [4.78, 5) is 35.9. The Morgan fingerprint density at radius 3 is 2.57 bits per heavy atom. The highest BCUT2D eigenvalue weighted by molar-refractivity contribution is 6.01. The van der Waals surface area contributed by atoms with Gasteiger partial charge in [0.15, 0.2) is 0 Å². The lowest BCUT2D eigenvalue weighted by molar-refractivity contribution is -0.119. The summed E-state index contributed by atoms with van der Waals surface area (Å²) < 4.78 is 5.91. The molecule has 1 aromatic carbocycles. The second-order valence-electron chi connectivity index (χ2n) is 8.10.